The van der Waals surface area contributed by atoms with E-state index in [0.29, 0.717) is 22.8 Å². The third kappa shape index (κ3) is 3.72. The van der Waals surface area contributed by atoms with Crippen molar-refractivity contribution >= 4 is 34.7 Å². The summed E-state index contributed by atoms with van der Waals surface area (Å²) < 4.78 is 7.29. The zero-order valence-electron chi connectivity index (χ0n) is 17.5. The first kappa shape index (κ1) is 21.6. The Kier molecular flexibility index (Phi) is 6.02. The molecule has 0 saturated carbocycles. The van der Waals surface area contributed by atoms with Gasteiger partial charge in [0.15, 0.2) is 0 Å². The summed E-state index contributed by atoms with van der Waals surface area (Å²) in [5.41, 5.74) is 3.09. The molecule has 2 aromatic rings. The molecule has 158 valence electrons. The number of methoxy groups -OCH3 is 1. The summed E-state index contributed by atoms with van der Waals surface area (Å²) in [6.07, 6.45) is 2.42. The number of ether oxygens (including phenoxy) is 1. The molecule has 1 fully saturated rings. The summed E-state index contributed by atoms with van der Waals surface area (Å²) in [4.78, 5) is 37.3. The summed E-state index contributed by atoms with van der Waals surface area (Å²) in [7, 11) is 1.46. The third-order valence-corrected chi connectivity index (χ3v) is 6.11. The smallest absolute Gasteiger partial charge is 0.293 e. The van der Waals surface area contributed by atoms with Crippen molar-refractivity contribution in [3.05, 3.63) is 56.2 Å². The van der Waals surface area contributed by atoms with Crippen molar-refractivity contribution in [3.63, 3.8) is 0 Å². The van der Waals surface area contributed by atoms with Gasteiger partial charge in [0.05, 0.1) is 28.7 Å². The molecule has 3 rings (SSSR count). The maximum atomic E-state index is 12.7. The van der Waals surface area contributed by atoms with Crippen molar-refractivity contribution < 1.29 is 19.2 Å². The Bertz CT molecular complexity index is 1070. The zero-order chi connectivity index (χ0) is 22.2. The molecule has 1 saturated heterocycles. The highest BCUT2D eigenvalue weighted by molar-refractivity contribution is 8.18. The van der Waals surface area contributed by atoms with Gasteiger partial charge in [0.2, 0.25) is 0 Å². The van der Waals surface area contributed by atoms with Crippen LogP contribution in [0.3, 0.4) is 0 Å². The Labute approximate surface area is 178 Å². The quantitative estimate of drug-likeness (QED) is 0.370. The highest BCUT2D eigenvalue weighted by Gasteiger charge is 2.37. The van der Waals surface area contributed by atoms with Crippen LogP contribution < -0.4 is 4.74 Å². The fourth-order valence-corrected chi connectivity index (χ4v) is 4.37. The molecule has 0 aliphatic carbocycles. The van der Waals surface area contributed by atoms with Gasteiger partial charge in [-0.1, -0.05) is 6.92 Å². The minimum Gasteiger partial charge on any atom is -0.494 e. The van der Waals surface area contributed by atoms with Gasteiger partial charge in [-0.2, -0.15) is 0 Å². The van der Waals surface area contributed by atoms with E-state index >= 15 is 0 Å². The van der Waals surface area contributed by atoms with Crippen LogP contribution in [-0.4, -0.2) is 38.7 Å². The minimum atomic E-state index is -0.472. The molecule has 0 bridgehead atoms. The predicted molar refractivity (Wildman–Crippen MR) is 116 cm³/mol. The van der Waals surface area contributed by atoms with E-state index < -0.39 is 4.92 Å². The molecule has 0 radical (unpaired) electrons. The SMILES string of the molecule is CC[C@@H](C)N1C(=O)S/C(=C/c2cc(C)n(-c3ccc([N+](=O)[O-])cc3OC)c2C)C1=O. The molecule has 2 heterocycles. The van der Waals surface area contributed by atoms with Gasteiger partial charge >= 0.3 is 0 Å². The molecule has 1 aromatic carbocycles. The second-order valence-electron chi connectivity index (χ2n) is 7.08. The molecule has 0 N–H and O–H groups in total. The van der Waals surface area contributed by atoms with Crippen molar-refractivity contribution in [2.75, 3.05) is 7.11 Å². The van der Waals surface area contributed by atoms with Gasteiger partial charge in [-0.15, -0.1) is 0 Å². The number of non-ortho nitro benzene ring substituents is 1. The van der Waals surface area contributed by atoms with Crippen LogP contribution in [0.15, 0.2) is 29.2 Å². The molecule has 0 unspecified atom stereocenters. The lowest BCUT2D eigenvalue weighted by molar-refractivity contribution is -0.384. The maximum absolute atomic E-state index is 12.7. The van der Waals surface area contributed by atoms with E-state index in [1.165, 1.54) is 24.1 Å². The first-order chi connectivity index (χ1) is 14.2. The van der Waals surface area contributed by atoms with Gasteiger partial charge in [0.1, 0.15) is 5.75 Å². The van der Waals surface area contributed by atoms with E-state index in [-0.39, 0.29) is 22.9 Å². The van der Waals surface area contributed by atoms with Crippen LogP contribution in [0.4, 0.5) is 10.5 Å². The standard InChI is InChI=1S/C21H23N3O5S/c1-6-12(2)23-20(25)19(30-21(23)26)10-15-9-13(3)22(14(15)4)17-8-7-16(24(27)28)11-18(17)29-5/h7-12H,6H2,1-5H3/b19-10+/t12-/m1/s1. The van der Waals surface area contributed by atoms with Crippen LogP contribution in [0.1, 0.15) is 37.2 Å². The molecule has 1 aliphatic heterocycles. The molecule has 0 spiro atoms. The Morgan fingerprint density at radius 2 is 1.97 bits per heavy atom. The number of nitro groups is 1. The van der Waals surface area contributed by atoms with E-state index in [4.69, 9.17) is 4.74 Å². The lowest BCUT2D eigenvalue weighted by Gasteiger charge is -2.19. The van der Waals surface area contributed by atoms with Crippen LogP contribution >= 0.6 is 11.8 Å². The first-order valence-corrected chi connectivity index (χ1v) is 10.3. The number of nitrogens with zero attached hydrogens (tertiary/aromatic N) is 3. The number of carbonyl (C=O) groups excluding carboxylic acids is 2. The largest absolute Gasteiger partial charge is 0.494 e. The summed E-state index contributed by atoms with van der Waals surface area (Å²) in [6.45, 7) is 7.57. The van der Waals surface area contributed by atoms with Crippen LogP contribution in [-0.2, 0) is 4.79 Å². The highest BCUT2D eigenvalue weighted by atomic mass is 32.2. The molecule has 1 aliphatic rings. The van der Waals surface area contributed by atoms with Gasteiger partial charge in [-0.05, 0) is 62.7 Å². The van der Waals surface area contributed by atoms with Crippen LogP contribution in [0.5, 0.6) is 5.75 Å². The van der Waals surface area contributed by atoms with Gasteiger partial charge in [-0.3, -0.25) is 24.6 Å². The van der Waals surface area contributed by atoms with E-state index in [2.05, 4.69) is 0 Å². The number of hydrogen-bond donors (Lipinski definition) is 0. The average Bonchev–Trinajstić information content (AvgIpc) is 3.15. The Hall–Kier alpha value is -3.07. The second-order valence-corrected chi connectivity index (χ2v) is 8.08. The number of rotatable bonds is 6. The Balaban J connectivity index is 2.04. The maximum Gasteiger partial charge on any atom is 0.293 e. The number of imide groups is 1. The molecule has 1 aromatic heterocycles. The number of aryl methyl sites for hydroxylation is 1. The molecule has 30 heavy (non-hydrogen) atoms. The van der Waals surface area contributed by atoms with Crippen molar-refractivity contribution in [1.29, 1.82) is 0 Å². The minimum absolute atomic E-state index is 0.0583. The van der Waals surface area contributed by atoms with Crippen LogP contribution in [0.2, 0.25) is 0 Å². The van der Waals surface area contributed by atoms with Crippen molar-refractivity contribution in [2.24, 2.45) is 0 Å². The van der Waals surface area contributed by atoms with E-state index in [1.54, 1.807) is 12.1 Å². The summed E-state index contributed by atoms with van der Waals surface area (Å²) >= 11 is 0.942. The number of hydrogen-bond acceptors (Lipinski definition) is 6. The number of aromatic nitrogens is 1. The van der Waals surface area contributed by atoms with Crippen molar-refractivity contribution in [3.8, 4) is 11.4 Å². The zero-order valence-corrected chi connectivity index (χ0v) is 18.3. The molecular formula is C21H23N3O5S. The number of thioether (sulfide) groups is 1. The second kappa shape index (κ2) is 8.35. The summed E-state index contributed by atoms with van der Waals surface area (Å²) in [6, 6.07) is 6.20. The topological polar surface area (TPSA) is 94.7 Å². The van der Waals surface area contributed by atoms with E-state index in [0.717, 1.165) is 28.7 Å². The Morgan fingerprint density at radius 3 is 2.57 bits per heavy atom. The molecular weight excluding hydrogens is 406 g/mol. The van der Waals surface area contributed by atoms with Crippen LogP contribution in [0.25, 0.3) is 11.8 Å². The number of benzene rings is 1. The summed E-state index contributed by atoms with van der Waals surface area (Å²) in [5, 5.41) is 10.8. The van der Waals surface area contributed by atoms with E-state index in [9.17, 15) is 19.7 Å². The number of nitro benzene ring substituents is 1. The van der Waals surface area contributed by atoms with Gasteiger partial charge < -0.3 is 9.30 Å². The van der Waals surface area contributed by atoms with E-state index in [1.807, 2.05) is 38.3 Å². The van der Waals surface area contributed by atoms with Crippen molar-refractivity contribution in [2.45, 2.75) is 40.2 Å². The normalized spacial score (nSPS) is 16.4. The number of carbonyl (C=O) groups is 2. The molecule has 2 amide bonds. The van der Waals surface area contributed by atoms with Gasteiger partial charge in [0, 0.05) is 23.5 Å². The Morgan fingerprint density at radius 1 is 1.27 bits per heavy atom. The molecule has 8 nitrogen and oxygen atoms in total. The number of amides is 2. The first-order valence-electron chi connectivity index (χ1n) is 9.48. The van der Waals surface area contributed by atoms with Crippen molar-refractivity contribution in [1.82, 2.24) is 9.47 Å². The molecule has 9 heteroatoms. The fraction of sp³-hybridized carbons (Fsp3) is 0.333. The highest BCUT2D eigenvalue weighted by Crippen LogP contribution is 2.36. The van der Waals surface area contributed by atoms with Gasteiger partial charge in [0.25, 0.3) is 16.8 Å². The van der Waals surface area contributed by atoms with Crippen LogP contribution in [0, 0.1) is 24.0 Å². The summed E-state index contributed by atoms with van der Waals surface area (Å²) in [5.74, 6) is 0.0895. The average molecular weight is 429 g/mol. The predicted octanol–water partition coefficient (Wildman–Crippen LogP) is 4.85. The fourth-order valence-electron chi connectivity index (χ4n) is 3.45. The lowest BCUT2D eigenvalue weighted by Crippen LogP contribution is -2.36. The monoisotopic (exact) mass is 429 g/mol. The molecule has 1 atom stereocenters. The third-order valence-electron chi connectivity index (χ3n) is 5.23. The lowest BCUT2D eigenvalue weighted by atomic mass is 10.2. The van der Waals surface area contributed by atoms with Gasteiger partial charge in [-0.25, -0.2) is 0 Å².